The van der Waals surface area contributed by atoms with Crippen LogP contribution in [0.5, 0.6) is 0 Å². The maximum atomic E-state index is 12.6. The third-order valence-corrected chi connectivity index (χ3v) is 2.82. The first kappa shape index (κ1) is 12.7. The number of carboxylic acid groups (broad SMARTS) is 1. The summed E-state index contributed by atoms with van der Waals surface area (Å²) in [5.74, 6) is -1.40. The highest BCUT2D eigenvalue weighted by atomic mass is 19.4. The molecule has 1 N–H and O–H groups in total. The minimum absolute atomic E-state index is 0.0825. The fraction of sp³-hybridized carbons (Fsp3) is 0.455. The van der Waals surface area contributed by atoms with Gasteiger partial charge in [-0.2, -0.15) is 13.2 Å². The van der Waals surface area contributed by atoms with Crippen LogP contribution in [-0.2, 0) is 6.18 Å². The van der Waals surface area contributed by atoms with Gasteiger partial charge >= 0.3 is 12.1 Å². The summed E-state index contributed by atoms with van der Waals surface area (Å²) < 4.78 is 37.7. The van der Waals surface area contributed by atoms with Crippen molar-refractivity contribution in [1.82, 2.24) is 4.98 Å². The molecule has 98 valence electrons. The molecule has 7 heteroatoms. The van der Waals surface area contributed by atoms with Gasteiger partial charge in [0.05, 0.1) is 0 Å². The van der Waals surface area contributed by atoms with Crippen LogP contribution in [0.4, 0.5) is 19.0 Å². The van der Waals surface area contributed by atoms with Crippen molar-refractivity contribution >= 4 is 11.8 Å². The molecule has 0 bridgehead atoms. The van der Waals surface area contributed by atoms with Gasteiger partial charge in [-0.05, 0) is 25.0 Å². The molecule has 1 aliphatic rings. The number of rotatable bonds is 3. The van der Waals surface area contributed by atoms with Gasteiger partial charge in [-0.3, -0.25) is 0 Å². The molecular formula is C11H11F3N2O2. The Hall–Kier alpha value is -1.79. The Labute approximate surface area is 101 Å². The Kier molecular flexibility index (Phi) is 2.92. The van der Waals surface area contributed by atoms with Crippen molar-refractivity contribution in [2.45, 2.75) is 25.1 Å². The fourth-order valence-electron chi connectivity index (χ4n) is 1.68. The van der Waals surface area contributed by atoms with Crippen LogP contribution in [0.25, 0.3) is 0 Å². The van der Waals surface area contributed by atoms with Gasteiger partial charge in [0, 0.05) is 13.1 Å². The van der Waals surface area contributed by atoms with Crippen molar-refractivity contribution in [3.63, 3.8) is 0 Å². The summed E-state index contributed by atoms with van der Waals surface area (Å²) in [7, 11) is 1.56. The summed E-state index contributed by atoms with van der Waals surface area (Å²) in [6, 6.07) is 1.72. The number of anilines is 1. The second kappa shape index (κ2) is 4.15. The Morgan fingerprint density at radius 2 is 2.06 bits per heavy atom. The number of hydrogen-bond acceptors (Lipinski definition) is 3. The lowest BCUT2D eigenvalue weighted by Crippen LogP contribution is -2.25. The fourth-order valence-corrected chi connectivity index (χ4v) is 1.68. The summed E-state index contributed by atoms with van der Waals surface area (Å²) >= 11 is 0. The van der Waals surface area contributed by atoms with Crippen LogP contribution in [0, 0.1) is 0 Å². The molecule has 0 aliphatic heterocycles. The van der Waals surface area contributed by atoms with E-state index in [2.05, 4.69) is 4.98 Å². The molecule has 0 amide bonds. The Morgan fingerprint density at radius 1 is 1.44 bits per heavy atom. The number of alkyl halides is 3. The van der Waals surface area contributed by atoms with Crippen molar-refractivity contribution in [2.75, 3.05) is 11.9 Å². The zero-order valence-electron chi connectivity index (χ0n) is 9.53. The summed E-state index contributed by atoms with van der Waals surface area (Å²) in [6.07, 6.45) is -2.89. The zero-order valence-corrected chi connectivity index (χ0v) is 9.53. The van der Waals surface area contributed by atoms with Gasteiger partial charge in [0.15, 0.2) is 0 Å². The average molecular weight is 260 g/mol. The van der Waals surface area contributed by atoms with Crippen molar-refractivity contribution < 1.29 is 23.1 Å². The number of aromatic nitrogens is 1. The van der Waals surface area contributed by atoms with Gasteiger partial charge < -0.3 is 10.0 Å². The number of carbonyl (C=O) groups is 1. The predicted molar refractivity (Wildman–Crippen MR) is 57.6 cm³/mol. The molecule has 0 aromatic carbocycles. The predicted octanol–water partition coefficient (Wildman–Crippen LogP) is 2.40. The van der Waals surface area contributed by atoms with Gasteiger partial charge in [-0.25, -0.2) is 9.78 Å². The standard InChI is InChI=1S/C11H11F3N2O2/c1-16(6-2-3-6)9-7(10(17)18)4-5-8(15-9)11(12,13)14/h4-6H,2-3H2,1H3,(H,17,18). The van der Waals surface area contributed by atoms with E-state index in [1.807, 2.05) is 0 Å². The van der Waals surface area contributed by atoms with E-state index in [0.29, 0.717) is 6.07 Å². The molecule has 1 fully saturated rings. The first-order valence-corrected chi connectivity index (χ1v) is 5.35. The third kappa shape index (κ3) is 2.39. The number of halogens is 3. The molecule has 1 aliphatic carbocycles. The topological polar surface area (TPSA) is 53.4 Å². The summed E-state index contributed by atoms with van der Waals surface area (Å²) in [4.78, 5) is 15.9. The van der Waals surface area contributed by atoms with Crippen LogP contribution in [0.15, 0.2) is 12.1 Å². The molecule has 2 rings (SSSR count). The van der Waals surface area contributed by atoms with E-state index >= 15 is 0 Å². The highest BCUT2D eigenvalue weighted by Crippen LogP contribution is 2.34. The molecule has 0 atom stereocenters. The SMILES string of the molecule is CN(c1nc(C(F)(F)F)ccc1C(=O)O)C1CC1. The molecule has 1 aromatic rings. The number of nitrogens with zero attached hydrogens (tertiary/aromatic N) is 2. The van der Waals surface area contributed by atoms with E-state index in [1.54, 1.807) is 7.05 Å². The van der Waals surface area contributed by atoms with E-state index in [0.717, 1.165) is 18.9 Å². The first-order chi connectivity index (χ1) is 8.30. The van der Waals surface area contributed by atoms with Gasteiger partial charge in [-0.1, -0.05) is 0 Å². The second-order valence-electron chi connectivity index (χ2n) is 4.21. The molecule has 4 nitrogen and oxygen atoms in total. The van der Waals surface area contributed by atoms with Crippen molar-refractivity contribution in [2.24, 2.45) is 0 Å². The number of pyridine rings is 1. The van der Waals surface area contributed by atoms with Crippen LogP contribution in [0.2, 0.25) is 0 Å². The summed E-state index contributed by atoms with van der Waals surface area (Å²) in [5.41, 5.74) is -1.28. The summed E-state index contributed by atoms with van der Waals surface area (Å²) in [6.45, 7) is 0. The molecule has 1 saturated carbocycles. The lowest BCUT2D eigenvalue weighted by atomic mass is 10.2. The third-order valence-electron chi connectivity index (χ3n) is 2.82. The normalized spacial score (nSPS) is 15.6. The smallest absolute Gasteiger partial charge is 0.433 e. The lowest BCUT2D eigenvalue weighted by molar-refractivity contribution is -0.141. The Morgan fingerprint density at radius 3 is 2.50 bits per heavy atom. The van der Waals surface area contributed by atoms with Crippen LogP contribution in [0.1, 0.15) is 28.9 Å². The van der Waals surface area contributed by atoms with E-state index in [9.17, 15) is 18.0 Å². The second-order valence-corrected chi connectivity index (χ2v) is 4.21. The van der Waals surface area contributed by atoms with Gasteiger partial charge in [0.1, 0.15) is 17.1 Å². The molecule has 0 radical (unpaired) electrons. The number of aromatic carboxylic acids is 1. The molecule has 0 unspecified atom stereocenters. The zero-order chi connectivity index (χ0) is 13.5. The van der Waals surface area contributed by atoms with Crippen LogP contribution < -0.4 is 4.90 Å². The van der Waals surface area contributed by atoms with Crippen LogP contribution >= 0.6 is 0 Å². The highest BCUT2D eigenvalue weighted by molar-refractivity contribution is 5.93. The molecule has 1 aromatic heterocycles. The summed E-state index contributed by atoms with van der Waals surface area (Å²) in [5, 5.41) is 8.96. The van der Waals surface area contributed by atoms with E-state index < -0.39 is 17.8 Å². The van der Waals surface area contributed by atoms with Crippen LogP contribution in [-0.4, -0.2) is 29.1 Å². The quantitative estimate of drug-likeness (QED) is 0.906. The molecule has 18 heavy (non-hydrogen) atoms. The van der Waals surface area contributed by atoms with Crippen LogP contribution in [0.3, 0.4) is 0 Å². The lowest BCUT2D eigenvalue weighted by Gasteiger charge is -2.20. The average Bonchev–Trinajstić information content (AvgIpc) is 3.09. The van der Waals surface area contributed by atoms with Gasteiger partial charge in [-0.15, -0.1) is 0 Å². The van der Waals surface area contributed by atoms with Gasteiger partial charge in [0.25, 0.3) is 0 Å². The first-order valence-electron chi connectivity index (χ1n) is 5.35. The van der Waals surface area contributed by atoms with E-state index in [4.69, 9.17) is 5.11 Å². The highest BCUT2D eigenvalue weighted by Gasteiger charge is 2.36. The molecular weight excluding hydrogens is 249 g/mol. The number of hydrogen-bond donors (Lipinski definition) is 1. The van der Waals surface area contributed by atoms with Crippen molar-refractivity contribution in [1.29, 1.82) is 0 Å². The number of carboxylic acids is 1. The minimum atomic E-state index is -4.57. The van der Waals surface area contributed by atoms with Gasteiger partial charge in [0.2, 0.25) is 0 Å². The molecule has 0 spiro atoms. The van der Waals surface area contributed by atoms with Crippen molar-refractivity contribution in [3.8, 4) is 0 Å². The van der Waals surface area contributed by atoms with Crippen molar-refractivity contribution in [3.05, 3.63) is 23.4 Å². The Bertz CT molecular complexity index is 484. The maximum absolute atomic E-state index is 12.6. The molecule has 1 heterocycles. The monoisotopic (exact) mass is 260 g/mol. The Balaban J connectivity index is 2.47. The minimum Gasteiger partial charge on any atom is -0.478 e. The van der Waals surface area contributed by atoms with E-state index in [1.165, 1.54) is 4.90 Å². The molecule has 0 saturated heterocycles. The maximum Gasteiger partial charge on any atom is 0.433 e. The largest absolute Gasteiger partial charge is 0.478 e. The van der Waals surface area contributed by atoms with E-state index in [-0.39, 0.29) is 17.4 Å².